The van der Waals surface area contributed by atoms with E-state index in [9.17, 15) is 5.26 Å². The van der Waals surface area contributed by atoms with Crippen molar-refractivity contribution in [3.05, 3.63) is 102 Å². The average Bonchev–Trinajstić information content (AvgIpc) is 3.68. The van der Waals surface area contributed by atoms with Crippen LogP contribution in [0.4, 0.5) is 0 Å². The molecule has 0 aliphatic heterocycles. The Bertz CT molecular complexity index is 1500. The predicted molar refractivity (Wildman–Crippen MR) is 133 cm³/mol. The summed E-state index contributed by atoms with van der Waals surface area (Å²) in [5.41, 5.74) is 2.86. The van der Waals surface area contributed by atoms with Gasteiger partial charge in [0.25, 0.3) is 5.89 Å². The minimum absolute atomic E-state index is 0.113. The van der Waals surface area contributed by atoms with Gasteiger partial charge in [-0.15, -0.1) is 5.10 Å². The van der Waals surface area contributed by atoms with E-state index in [0.717, 1.165) is 11.3 Å². The molecule has 37 heavy (non-hydrogen) atoms. The molecule has 0 aliphatic carbocycles. The molecule has 9 nitrogen and oxygen atoms in total. The van der Waals surface area contributed by atoms with Crippen LogP contribution in [0.2, 0.25) is 0 Å². The summed E-state index contributed by atoms with van der Waals surface area (Å²) in [7, 11) is 1.60. The highest BCUT2D eigenvalue weighted by Gasteiger charge is 2.21. The number of methoxy groups -OCH3 is 1. The number of furan rings is 1. The summed E-state index contributed by atoms with van der Waals surface area (Å²) in [6.07, 6.45) is 0.892. The van der Waals surface area contributed by atoms with Crippen LogP contribution < -0.4 is 9.47 Å². The molecule has 0 spiro atoms. The number of aromatic nitrogens is 3. The van der Waals surface area contributed by atoms with Crippen LogP contribution >= 0.6 is 0 Å². The molecule has 0 saturated heterocycles. The number of hydrogen-bond donors (Lipinski definition) is 0. The van der Waals surface area contributed by atoms with E-state index in [2.05, 4.69) is 16.2 Å². The van der Waals surface area contributed by atoms with Crippen LogP contribution in [0.1, 0.15) is 29.0 Å². The second kappa shape index (κ2) is 10.8. The van der Waals surface area contributed by atoms with Gasteiger partial charge in [-0.1, -0.05) is 30.3 Å². The van der Waals surface area contributed by atoms with Crippen molar-refractivity contribution in [2.24, 2.45) is 0 Å². The van der Waals surface area contributed by atoms with Gasteiger partial charge in [0.15, 0.2) is 5.76 Å². The van der Waals surface area contributed by atoms with Crippen molar-refractivity contribution >= 4 is 0 Å². The van der Waals surface area contributed by atoms with Gasteiger partial charge in [-0.2, -0.15) is 5.26 Å². The molecule has 0 N–H and O–H groups in total. The van der Waals surface area contributed by atoms with Gasteiger partial charge in [-0.25, -0.2) is 9.67 Å². The van der Waals surface area contributed by atoms with Gasteiger partial charge >= 0.3 is 0 Å². The SMILES string of the molecule is COc1cccc(C(OCc2nc(-c3ccco3)oc2C)Oc2cc(CC#N)n(-c3ccccc3)n2)c1. The number of ether oxygens (including phenoxy) is 3. The van der Waals surface area contributed by atoms with Crippen molar-refractivity contribution in [2.75, 3.05) is 7.11 Å². The van der Waals surface area contributed by atoms with Gasteiger partial charge in [0.1, 0.15) is 17.2 Å². The fourth-order valence-electron chi connectivity index (χ4n) is 3.77. The number of benzene rings is 2. The molecular formula is C28H24N4O5. The Kier molecular flexibility index (Phi) is 7.01. The molecule has 2 aromatic carbocycles. The lowest BCUT2D eigenvalue weighted by Gasteiger charge is -2.18. The Balaban J connectivity index is 1.43. The molecule has 0 bridgehead atoms. The summed E-state index contributed by atoms with van der Waals surface area (Å²) in [5.74, 6) is 2.50. The molecule has 3 heterocycles. The standard InChI is InChI=1S/C28H24N4O5/c1-19-24(30-27(36-19)25-12-7-15-34-25)18-35-28(20-8-6-11-23(16-20)33-2)37-26-17-22(13-14-29)32(31-26)21-9-4-3-5-10-21/h3-12,15-17,28H,13,18H2,1-2H3. The molecule has 0 saturated carbocycles. The van der Waals surface area contributed by atoms with Crippen LogP contribution in [0, 0.1) is 18.3 Å². The maximum absolute atomic E-state index is 9.33. The normalized spacial score (nSPS) is 11.7. The Morgan fingerprint density at radius 3 is 2.68 bits per heavy atom. The number of para-hydroxylation sites is 1. The van der Waals surface area contributed by atoms with E-state index in [1.165, 1.54) is 0 Å². The smallest absolute Gasteiger partial charge is 0.263 e. The molecule has 5 rings (SSSR count). The maximum Gasteiger partial charge on any atom is 0.263 e. The van der Waals surface area contributed by atoms with Gasteiger partial charge in [0.05, 0.1) is 43.9 Å². The third-order valence-electron chi connectivity index (χ3n) is 5.61. The Labute approximate surface area is 213 Å². The monoisotopic (exact) mass is 496 g/mol. The number of oxazole rings is 1. The molecule has 186 valence electrons. The first kappa shape index (κ1) is 23.9. The fraction of sp³-hybridized carbons (Fsp3) is 0.179. The summed E-state index contributed by atoms with van der Waals surface area (Å²) in [5, 5.41) is 13.9. The topological polar surface area (TPSA) is 108 Å². The molecule has 9 heteroatoms. The van der Waals surface area contributed by atoms with E-state index in [1.54, 1.807) is 36.3 Å². The van der Waals surface area contributed by atoms with Crippen LogP contribution in [0.3, 0.4) is 0 Å². The molecule has 5 aromatic rings. The van der Waals surface area contributed by atoms with Crippen LogP contribution in [0.5, 0.6) is 11.6 Å². The Morgan fingerprint density at radius 2 is 1.92 bits per heavy atom. The molecular weight excluding hydrogens is 472 g/mol. The average molecular weight is 497 g/mol. The summed E-state index contributed by atoms with van der Waals surface area (Å²) >= 11 is 0. The maximum atomic E-state index is 9.33. The molecule has 1 atom stereocenters. The predicted octanol–water partition coefficient (Wildman–Crippen LogP) is 5.80. The zero-order chi connectivity index (χ0) is 25.6. The van der Waals surface area contributed by atoms with Crippen LogP contribution in [0.25, 0.3) is 17.3 Å². The van der Waals surface area contributed by atoms with E-state index >= 15 is 0 Å². The minimum atomic E-state index is -0.840. The molecule has 0 amide bonds. The summed E-state index contributed by atoms with van der Waals surface area (Å²) in [6, 6.07) is 24.4. The van der Waals surface area contributed by atoms with Crippen molar-refractivity contribution in [3.8, 4) is 35.0 Å². The van der Waals surface area contributed by atoms with E-state index in [1.807, 2.05) is 61.5 Å². The first-order valence-corrected chi connectivity index (χ1v) is 11.6. The third kappa shape index (κ3) is 5.39. The second-order valence-corrected chi connectivity index (χ2v) is 8.09. The molecule has 1 unspecified atom stereocenters. The first-order valence-electron chi connectivity index (χ1n) is 11.6. The first-order chi connectivity index (χ1) is 18.1. The van der Waals surface area contributed by atoms with Crippen molar-refractivity contribution in [1.29, 1.82) is 5.26 Å². The molecule has 0 aliphatic rings. The van der Waals surface area contributed by atoms with E-state index < -0.39 is 6.29 Å². The Morgan fingerprint density at radius 1 is 1.05 bits per heavy atom. The largest absolute Gasteiger partial charge is 0.497 e. The van der Waals surface area contributed by atoms with Crippen LogP contribution in [0.15, 0.2) is 87.9 Å². The van der Waals surface area contributed by atoms with Crippen molar-refractivity contribution in [1.82, 2.24) is 14.8 Å². The van der Waals surface area contributed by atoms with Crippen molar-refractivity contribution < 1.29 is 23.0 Å². The summed E-state index contributed by atoms with van der Waals surface area (Å²) in [6.45, 7) is 1.93. The summed E-state index contributed by atoms with van der Waals surface area (Å²) < 4.78 is 30.7. The lowest BCUT2D eigenvalue weighted by Crippen LogP contribution is -2.13. The van der Waals surface area contributed by atoms with E-state index in [0.29, 0.717) is 40.4 Å². The number of nitriles is 1. The summed E-state index contributed by atoms with van der Waals surface area (Å²) in [4.78, 5) is 4.52. The Hall–Kier alpha value is -4.81. The molecule has 0 radical (unpaired) electrons. The molecule has 0 fully saturated rings. The minimum Gasteiger partial charge on any atom is -0.497 e. The van der Waals surface area contributed by atoms with E-state index in [-0.39, 0.29) is 13.0 Å². The van der Waals surface area contributed by atoms with Gasteiger partial charge < -0.3 is 23.0 Å². The highest BCUT2D eigenvalue weighted by atomic mass is 16.7. The third-order valence-corrected chi connectivity index (χ3v) is 5.61. The van der Waals surface area contributed by atoms with Crippen LogP contribution in [-0.2, 0) is 17.8 Å². The lowest BCUT2D eigenvalue weighted by atomic mass is 10.2. The lowest BCUT2D eigenvalue weighted by molar-refractivity contribution is -0.0963. The number of aryl methyl sites for hydroxylation is 1. The van der Waals surface area contributed by atoms with Crippen LogP contribution in [-0.4, -0.2) is 21.9 Å². The fourth-order valence-corrected chi connectivity index (χ4v) is 3.77. The zero-order valence-corrected chi connectivity index (χ0v) is 20.3. The number of hydrogen-bond acceptors (Lipinski definition) is 8. The van der Waals surface area contributed by atoms with Gasteiger partial charge in [-0.3, -0.25) is 0 Å². The number of rotatable bonds is 10. The molecule has 3 aromatic heterocycles. The number of nitrogens with zero attached hydrogens (tertiary/aromatic N) is 4. The quantitative estimate of drug-likeness (QED) is 0.223. The highest BCUT2D eigenvalue weighted by molar-refractivity contribution is 5.44. The highest BCUT2D eigenvalue weighted by Crippen LogP contribution is 2.29. The van der Waals surface area contributed by atoms with Gasteiger partial charge in [0, 0.05) is 11.6 Å². The zero-order valence-electron chi connectivity index (χ0n) is 20.3. The van der Waals surface area contributed by atoms with Gasteiger partial charge in [-0.05, 0) is 43.3 Å². The van der Waals surface area contributed by atoms with Crippen molar-refractivity contribution in [3.63, 3.8) is 0 Å². The second-order valence-electron chi connectivity index (χ2n) is 8.09. The van der Waals surface area contributed by atoms with Gasteiger partial charge in [0.2, 0.25) is 12.2 Å². The van der Waals surface area contributed by atoms with E-state index in [4.69, 9.17) is 23.0 Å². The van der Waals surface area contributed by atoms with Crippen molar-refractivity contribution in [2.45, 2.75) is 26.2 Å².